The third-order valence-corrected chi connectivity index (χ3v) is 5.59. The van der Waals surface area contributed by atoms with Gasteiger partial charge in [0.1, 0.15) is 0 Å². The van der Waals surface area contributed by atoms with E-state index in [-0.39, 0.29) is 24.3 Å². The zero-order chi connectivity index (χ0) is 18.9. The van der Waals surface area contributed by atoms with Crippen LogP contribution in [0.1, 0.15) is 37.7 Å². The Morgan fingerprint density at radius 2 is 1.70 bits per heavy atom. The van der Waals surface area contributed by atoms with Crippen molar-refractivity contribution in [2.24, 2.45) is 5.92 Å². The molecule has 0 aromatic heterocycles. The van der Waals surface area contributed by atoms with Gasteiger partial charge in [0, 0.05) is 38.6 Å². The van der Waals surface area contributed by atoms with Gasteiger partial charge in [-0.15, -0.1) is 0 Å². The molecule has 5 heteroatoms. The Hall–Kier alpha value is -2.14. The summed E-state index contributed by atoms with van der Waals surface area (Å²) in [5.74, 6) is 0.214. The lowest BCUT2D eigenvalue weighted by atomic mass is 9.89. The third kappa shape index (κ3) is 6.21. The molecule has 3 rings (SSSR count). The van der Waals surface area contributed by atoms with Gasteiger partial charge in [0.05, 0.1) is 6.54 Å². The van der Waals surface area contributed by atoms with E-state index < -0.39 is 0 Å². The van der Waals surface area contributed by atoms with Crippen LogP contribution in [0.2, 0.25) is 0 Å². The summed E-state index contributed by atoms with van der Waals surface area (Å²) in [7, 11) is 0. The van der Waals surface area contributed by atoms with Crippen LogP contribution in [0.15, 0.2) is 36.4 Å². The Kier molecular flexibility index (Phi) is 7.45. The number of hydrogen-bond acceptors (Lipinski definition) is 3. The SMILES string of the molecule is O=C(NCC(=O)N1CCN(C/C=C/c2ccccc2)CC1)C1CCCCC1. The fourth-order valence-corrected chi connectivity index (χ4v) is 3.87. The van der Waals surface area contributed by atoms with Crippen LogP contribution >= 0.6 is 0 Å². The molecule has 2 aliphatic rings. The number of benzene rings is 1. The highest BCUT2D eigenvalue weighted by Gasteiger charge is 2.24. The summed E-state index contributed by atoms with van der Waals surface area (Å²) in [6, 6.07) is 10.3. The molecule has 5 nitrogen and oxygen atoms in total. The maximum atomic E-state index is 12.4. The molecule has 2 amide bonds. The highest BCUT2D eigenvalue weighted by atomic mass is 16.2. The maximum absolute atomic E-state index is 12.4. The maximum Gasteiger partial charge on any atom is 0.242 e. The molecule has 0 unspecified atom stereocenters. The lowest BCUT2D eigenvalue weighted by molar-refractivity contribution is -0.135. The first-order valence-electron chi connectivity index (χ1n) is 10.2. The Balaban J connectivity index is 1.34. The smallest absolute Gasteiger partial charge is 0.242 e. The predicted molar refractivity (Wildman–Crippen MR) is 108 cm³/mol. The topological polar surface area (TPSA) is 52.7 Å². The molecule has 27 heavy (non-hydrogen) atoms. The first-order chi connectivity index (χ1) is 13.2. The first kappa shape index (κ1) is 19.6. The lowest BCUT2D eigenvalue weighted by Gasteiger charge is -2.34. The van der Waals surface area contributed by atoms with Gasteiger partial charge in [-0.05, 0) is 18.4 Å². The molecule has 146 valence electrons. The highest BCUT2D eigenvalue weighted by Crippen LogP contribution is 2.23. The van der Waals surface area contributed by atoms with E-state index in [0.717, 1.165) is 58.4 Å². The van der Waals surface area contributed by atoms with E-state index in [4.69, 9.17) is 0 Å². The van der Waals surface area contributed by atoms with Crippen molar-refractivity contribution in [1.29, 1.82) is 0 Å². The van der Waals surface area contributed by atoms with E-state index >= 15 is 0 Å². The Bertz CT molecular complexity index is 630. The number of carbonyl (C=O) groups is 2. The molecule has 1 saturated carbocycles. The summed E-state index contributed by atoms with van der Waals surface area (Å²) in [6.07, 6.45) is 9.74. The molecule has 1 saturated heterocycles. The molecule has 1 heterocycles. The fourth-order valence-electron chi connectivity index (χ4n) is 3.87. The zero-order valence-electron chi connectivity index (χ0n) is 16.1. The van der Waals surface area contributed by atoms with Gasteiger partial charge in [0.15, 0.2) is 0 Å². The second kappa shape index (κ2) is 10.3. The average Bonchev–Trinajstić information content (AvgIpc) is 2.73. The first-order valence-corrected chi connectivity index (χ1v) is 10.2. The number of amides is 2. The molecular weight excluding hydrogens is 338 g/mol. The van der Waals surface area contributed by atoms with E-state index in [1.165, 1.54) is 12.0 Å². The number of carbonyl (C=O) groups excluding carboxylic acids is 2. The number of nitrogens with one attached hydrogen (secondary N) is 1. The van der Waals surface area contributed by atoms with E-state index in [2.05, 4.69) is 34.5 Å². The molecule has 1 aliphatic carbocycles. The van der Waals surface area contributed by atoms with E-state index in [1.54, 1.807) is 0 Å². The van der Waals surface area contributed by atoms with Gasteiger partial charge in [-0.3, -0.25) is 14.5 Å². The van der Waals surface area contributed by atoms with Crippen LogP contribution in [0.25, 0.3) is 6.08 Å². The molecular formula is C22H31N3O2. The van der Waals surface area contributed by atoms with Crippen LogP contribution < -0.4 is 5.32 Å². The van der Waals surface area contributed by atoms with Crippen molar-refractivity contribution in [3.63, 3.8) is 0 Å². The van der Waals surface area contributed by atoms with Gasteiger partial charge < -0.3 is 10.2 Å². The summed E-state index contributed by atoms with van der Waals surface area (Å²) >= 11 is 0. The average molecular weight is 370 g/mol. The van der Waals surface area contributed by atoms with Crippen molar-refractivity contribution < 1.29 is 9.59 Å². The minimum Gasteiger partial charge on any atom is -0.347 e. The highest BCUT2D eigenvalue weighted by molar-refractivity contribution is 5.85. The van der Waals surface area contributed by atoms with Crippen LogP contribution in [0.5, 0.6) is 0 Å². The van der Waals surface area contributed by atoms with Gasteiger partial charge in [0.2, 0.25) is 11.8 Å². The molecule has 0 bridgehead atoms. The second-order valence-electron chi connectivity index (χ2n) is 7.55. The minimum atomic E-state index is 0.0404. The summed E-state index contributed by atoms with van der Waals surface area (Å²) in [5.41, 5.74) is 1.21. The van der Waals surface area contributed by atoms with Crippen LogP contribution in [0.4, 0.5) is 0 Å². The standard InChI is InChI=1S/C22H31N3O2/c26-21(18-23-22(27)20-11-5-2-6-12-20)25-16-14-24(15-17-25)13-7-10-19-8-3-1-4-9-19/h1,3-4,7-10,20H,2,5-6,11-18H2,(H,23,27)/b10-7+. The zero-order valence-corrected chi connectivity index (χ0v) is 16.1. The van der Waals surface area contributed by atoms with Crippen LogP contribution in [0.3, 0.4) is 0 Å². The quantitative estimate of drug-likeness (QED) is 0.838. The van der Waals surface area contributed by atoms with E-state index in [1.807, 2.05) is 23.1 Å². The van der Waals surface area contributed by atoms with Crippen LogP contribution in [-0.4, -0.2) is 60.9 Å². The van der Waals surface area contributed by atoms with Crippen LogP contribution in [0, 0.1) is 5.92 Å². The minimum absolute atomic E-state index is 0.0404. The summed E-state index contributed by atoms with van der Waals surface area (Å²) in [5, 5.41) is 2.86. The van der Waals surface area contributed by atoms with Crippen LogP contribution in [-0.2, 0) is 9.59 Å². The van der Waals surface area contributed by atoms with Crippen molar-refractivity contribution in [2.45, 2.75) is 32.1 Å². The van der Waals surface area contributed by atoms with E-state index in [9.17, 15) is 9.59 Å². The van der Waals surface area contributed by atoms with Gasteiger partial charge in [-0.2, -0.15) is 0 Å². The predicted octanol–water partition coefficient (Wildman–Crippen LogP) is 2.54. The van der Waals surface area contributed by atoms with Gasteiger partial charge >= 0.3 is 0 Å². The molecule has 0 radical (unpaired) electrons. The number of hydrogen-bond donors (Lipinski definition) is 1. The normalized spacial score (nSPS) is 19.3. The second-order valence-corrected chi connectivity index (χ2v) is 7.55. The number of piperazine rings is 1. The van der Waals surface area contributed by atoms with Gasteiger partial charge in [-0.1, -0.05) is 61.7 Å². The van der Waals surface area contributed by atoms with Crippen molar-refractivity contribution in [3.8, 4) is 0 Å². The molecule has 2 fully saturated rings. The monoisotopic (exact) mass is 369 g/mol. The summed E-state index contributed by atoms with van der Waals surface area (Å²) in [4.78, 5) is 28.8. The number of rotatable bonds is 6. The molecule has 1 aliphatic heterocycles. The fraction of sp³-hybridized carbons (Fsp3) is 0.545. The third-order valence-electron chi connectivity index (χ3n) is 5.59. The Labute approximate surface area is 162 Å². The summed E-state index contributed by atoms with van der Waals surface area (Å²) < 4.78 is 0. The van der Waals surface area contributed by atoms with E-state index in [0.29, 0.717) is 0 Å². The lowest BCUT2D eigenvalue weighted by Crippen LogP contribution is -2.51. The Morgan fingerprint density at radius 3 is 2.41 bits per heavy atom. The van der Waals surface area contributed by atoms with Gasteiger partial charge in [0.25, 0.3) is 0 Å². The van der Waals surface area contributed by atoms with Crippen molar-refractivity contribution >= 4 is 17.9 Å². The molecule has 1 N–H and O–H groups in total. The van der Waals surface area contributed by atoms with Crippen molar-refractivity contribution in [1.82, 2.24) is 15.1 Å². The van der Waals surface area contributed by atoms with Gasteiger partial charge in [-0.25, -0.2) is 0 Å². The summed E-state index contributed by atoms with van der Waals surface area (Å²) in [6.45, 7) is 4.26. The van der Waals surface area contributed by atoms with Crippen molar-refractivity contribution in [3.05, 3.63) is 42.0 Å². The largest absolute Gasteiger partial charge is 0.347 e. The number of nitrogens with zero attached hydrogens (tertiary/aromatic N) is 2. The van der Waals surface area contributed by atoms with Crippen molar-refractivity contribution in [2.75, 3.05) is 39.3 Å². The molecule has 0 atom stereocenters. The molecule has 1 aromatic rings. The Morgan fingerprint density at radius 1 is 1.00 bits per heavy atom. The molecule has 1 aromatic carbocycles. The molecule has 0 spiro atoms.